The summed E-state index contributed by atoms with van der Waals surface area (Å²) in [6.07, 6.45) is 4.66. The molecule has 1 unspecified atom stereocenters. The molecule has 8 nitrogen and oxygen atoms in total. The monoisotopic (exact) mass is 504 g/mol. The minimum atomic E-state index is -0.257. The van der Waals surface area contributed by atoms with E-state index in [0.29, 0.717) is 59.2 Å². The van der Waals surface area contributed by atoms with Crippen LogP contribution in [0.1, 0.15) is 35.7 Å². The van der Waals surface area contributed by atoms with Gasteiger partial charge >= 0.3 is 5.97 Å². The third kappa shape index (κ3) is 4.77. The van der Waals surface area contributed by atoms with Crippen molar-refractivity contribution < 1.29 is 19.1 Å². The topological polar surface area (TPSA) is 97.4 Å². The molecule has 0 saturated carbocycles. The normalized spacial score (nSPS) is 15.6. The number of carbonyl (C=O) groups is 2. The number of piperidine rings is 1. The number of ketones is 1. The Hall–Kier alpha value is -3.91. The second kappa shape index (κ2) is 10.4. The van der Waals surface area contributed by atoms with Crippen molar-refractivity contribution in [1.29, 1.82) is 0 Å². The van der Waals surface area contributed by atoms with Gasteiger partial charge in [0.25, 0.3) is 0 Å². The summed E-state index contributed by atoms with van der Waals surface area (Å²) in [5, 5.41) is 0.884. The molecular weight excluding hydrogens is 480 g/mol. The smallest absolute Gasteiger partial charge is 0.310 e. The van der Waals surface area contributed by atoms with Gasteiger partial charge in [-0.1, -0.05) is 29.8 Å². The number of para-hydroxylation sites is 1. The van der Waals surface area contributed by atoms with Crippen molar-refractivity contribution in [2.75, 3.05) is 24.6 Å². The van der Waals surface area contributed by atoms with Gasteiger partial charge in [-0.2, -0.15) is 0 Å². The number of fused-ring (bicyclic) bond motifs is 1. The Kier molecular flexibility index (Phi) is 6.86. The Balaban J connectivity index is 1.45. The summed E-state index contributed by atoms with van der Waals surface area (Å²) in [6.45, 7) is 3.33. The first kappa shape index (κ1) is 23.8. The number of esters is 1. The maximum atomic E-state index is 13.6. The number of hydrogen-bond donors (Lipinski definition) is 1. The van der Waals surface area contributed by atoms with Crippen LogP contribution >= 0.6 is 11.6 Å². The number of aromatic nitrogens is 3. The van der Waals surface area contributed by atoms with Gasteiger partial charge in [0.1, 0.15) is 29.3 Å². The Morgan fingerprint density at radius 1 is 1.11 bits per heavy atom. The van der Waals surface area contributed by atoms with Crippen LogP contribution in [0.4, 0.5) is 5.82 Å². The second-order valence-corrected chi connectivity index (χ2v) is 8.95. The molecule has 0 radical (unpaired) electrons. The Morgan fingerprint density at radius 3 is 2.72 bits per heavy atom. The quantitative estimate of drug-likeness (QED) is 0.265. The largest absolute Gasteiger partial charge is 0.466 e. The molecule has 1 N–H and O–H groups in total. The van der Waals surface area contributed by atoms with Crippen LogP contribution in [0.3, 0.4) is 0 Å². The van der Waals surface area contributed by atoms with Gasteiger partial charge in [-0.05, 0) is 44.0 Å². The van der Waals surface area contributed by atoms with Gasteiger partial charge in [0.15, 0.2) is 5.78 Å². The van der Waals surface area contributed by atoms with E-state index in [1.807, 2.05) is 35.2 Å². The van der Waals surface area contributed by atoms with Crippen LogP contribution in [0.25, 0.3) is 11.0 Å². The first-order valence-electron chi connectivity index (χ1n) is 11.9. The molecule has 1 saturated heterocycles. The van der Waals surface area contributed by atoms with Crippen molar-refractivity contribution in [3.63, 3.8) is 0 Å². The van der Waals surface area contributed by atoms with Crippen molar-refractivity contribution in [3.05, 3.63) is 77.2 Å². The number of halogens is 1. The van der Waals surface area contributed by atoms with Crippen molar-refractivity contribution in [1.82, 2.24) is 15.0 Å². The number of nitrogens with one attached hydrogen (secondary N) is 1. The number of aromatic amines is 1. The van der Waals surface area contributed by atoms with Crippen molar-refractivity contribution >= 4 is 40.2 Å². The van der Waals surface area contributed by atoms with Gasteiger partial charge in [0.2, 0.25) is 0 Å². The van der Waals surface area contributed by atoms with E-state index in [1.165, 1.54) is 6.33 Å². The number of carbonyl (C=O) groups excluding carboxylic acids is 2. The molecule has 1 fully saturated rings. The van der Waals surface area contributed by atoms with Crippen molar-refractivity contribution in [3.8, 4) is 11.5 Å². The minimum Gasteiger partial charge on any atom is -0.466 e. The molecule has 1 aliphatic rings. The lowest BCUT2D eigenvalue weighted by atomic mass is 9.97. The Morgan fingerprint density at radius 2 is 1.94 bits per heavy atom. The predicted molar refractivity (Wildman–Crippen MR) is 137 cm³/mol. The molecule has 2 aromatic carbocycles. The van der Waals surface area contributed by atoms with Gasteiger partial charge in [-0.25, -0.2) is 9.97 Å². The molecule has 36 heavy (non-hydrogen) atoms. The fraction of sp³-hybridized carbons (Fsp3) is 0.259. The molecule has 3 heterocycles. The van der Waals surface area contributed by atoms with Crippen LogP contribution in [-0.2, 0) is 9.53 Å². The van der Waals surface area contributed by atoms with Crippen molar-refractivity contribution in [2.24, 2.45) is 5.92 Å². The maximum absolute atomic E-state index is 13.6. The molecule has 184 valence electrons. The molecule has 1 aliphatic heterocycles. The zero-order chi connectivity index (χ0) is 25.1. The number of hydrogen-bond acceptors (Lipinski definition) is 7. The maximum Gasteiger partial charge on any atom is 0.310 e. The van der Waals surface area contributed by atoms with E-state index < -0.39 is 0 Å². The number of H-pyrrole nitrogens is 1. The lowest BCUT2D eigenvalue weighted by Crippen LogP contribution is -2.40. The Labute approximate surface area is 213 Å². The number of ether oxygens (including phenoxy) is 2. The highest BCUT2D eigenvalue weighted by atomic mass is 35.5. The number of anilines is 1. The molecule has 2 aromatic heterocycles. The third-order valence-electron chi connectivity index (χ3n) is 6.20. The standard InChI is InChI=1S/C27H25ClN4O4/c1-2-35-27(34)17-7-6-12-32(15-17)26-23-21(14-29-25(23)30-16-31-26)24(33)20-11-10-19(13-22(20)28)36-18-8-4-3-5-9-18/h3-5,8-11,13-14,16-17H,2,6-7,12,15H2,1H3,(H,29,30,31). The molecule has 9 heteroatoms. The molecule has 4 aromatic rings. The molecule has 0 amide bonds. The molecule has 0 aliphatic carbocycles. The molecule has 0 spiro atoms. The van der Waals surface area contributed by atoms with Crippen LogP contribution in [-0.4, -0.2) is 46.4 Å². The first-order chi connectivity index (χ1) is 17.5. The zero-order valence-corrected chi connectivity index (χ0v) is 20.5. The van der Waals surface area contributed by atoms with Crippen LogP contribution < -0.4 is 9.64 Å². The summed E-state index contributed by atoms with van der Waals surface area (Å²) in [6, 6.07) is 14.3. The fourth-order valence-electron chi connectivity index (χ4n) is 4.50. The highest BCUT2D eigenvalue weighted by Crippen LogP contribution is 2.33. The number of rotatable bonds is 7. The van der Waals surface area contributed by atoms with E-state index in [-0.39, 0.29) is 22.7 Å². The zero-order valence-electron chi connectivity index (χ0n) is 19.7. The highest BCUT2D eigenvalue weighted by molar-refractivity contribution is 6.35. The average molecular weight is 505 g/mol. The van der Waals surface area contributed by atoms with E-state index in [1.54, 1.807) is 31.3 Å². The summed E-state index contributed by atoms with van der Waals surface area (Å²) in [5.41, 5.74) is 1.30. The van der Waals surface area contributed by atoms with Crippen LogP contribution in [0.2, 0.25) is 5.02 Å². The highest BCUT2D eigenvalue weighted by Gasteiger charge is 2.30. The van der Waals surface area contributed by atoms with Crippen LogP contribution in [0, 0.1) is 5.92 Å². The minimum absolute atomic E-state index is 0.206. The fourth-order valence-corrected chi connectivity index (χ4v) is 4.76. The summed E-state index contributed by atoms with van der Waals surface area (Å²) >= 11 is 6.53. The third-order valence-corrected chi connectivity index (χ3v) is 6.51. The van der Waals surface area contributed by atoms with E-state index in [2.05, 4.69) is 15.0 Å². The number of nitrogens with zero attached hydrogens (tertiary/aromatic N) is 3. The molecule has 5 rings (SSSR count). The van der Waals surface area contributed by atoms with E-state index in [4.69, 9.17) is 21.1 Å². The van der Waals surface area contributed by atoms with Gasteiger partial charge in [0.05, 0.1) is 28.5 Å². The van der Waals surface area contributed by atoms with Crippen LogP contribution in [0.5, 0.6) is 11.5 Å². The average Bonchev–Trinajstić information content (AvgIpc) is 3.34. The van der Waals surface area contributed by atoms with E-state index in [0.717, 1.165) is 12.8 Å². The molecule has 1 atom stereocenters. The molecular formula is C27H25ClN4O4. The van der Waals surface area contributed by atoms with E-state index in [9.17, 15) is 9.59 Å². The lowest BCUT2D eigenvalue weighted by Gasteiger charge is -2.32. The number of benzene rings is 2. The summed E-state index contributed by atoms with van der Waals surface area (Å²) in [7, 11) is 0. The van der Waals surface area contributed by atoms with Gasteiger partial charge in [0, 0.05) is 30.9 Å². The first-order valence-corrected chi connectivity index (χ1v) is 12.2. The van der Waals surface area contributed by atoms with E-state index >= 15 is 0 Å². The summed E-state index contributed by atoms with van der Waals surface area (Å²) < 4.78 is 11.1. The van der Waals surface area contributed by atoms with Crippen molar-refractivity contribution in [2.45, 2.75) is 19.8 Å². The Bertz CT molecular complexity index is 1410. The SMILES string of the molecule is CCOC(=O)C1CCCN(c2ncnc3[nH]cc(C(=O)c4ccc(Oc5ccccc5)cc4Cl)c23)C1. The van der Waals surface area contributed by atoms with Crippen LogP contribution in [0.15, 0.2) is 61.1 Å². The van der Waals surface area contributed by atoms with Gasteiger partial charge in [-0.15, -0.1) is 0 Å². The lowest BCUT2D eigenvalue weighted by molar-refractivity contribution is -0.148. The summed E-state index contributed by atoms with van der Waals surface area (Å²) in [4.78, 5) is 39.9. The second-order valence-electron chi connectivity index (χ2n) is 8.55. The molecule has 0 bridgehead atoms. The van der Waals surface area contributed by atoms with Gasteiger partial charge < -0.3 is 19.4 Å². The van der Waals surface area contributed by atoms with Gasteiger partial charge in [-0.3, -0.25) is 9.59 Å². The predicted octanol–water partition coefficient (Wildman–Crippen LogP) is 5.41. The summed E-state index contributed by atoms with van der Waals surface area (Å²) in [5.74, 6) is 1.11.